The molecule has 2 aromatic carbocycles. The molecule has 0 saturated carbocycles. The maximum atomic E-state index is 12.9. The number of benzene rings is 2. The van der Waals surface area contributed by atoms with E-state index in [2.05, 4.69) is 12.1 Å². The van der Waals surface area contributed by atoms with Gasteiger partial charge in [0.15, 0.2) is 5.76 Å². The Hall–Kier alpha value is -3.16. The van der Waals surface area contributed by atoms with Gasteiger partial charge in [0.2, 0.25) is 0 Å². The number of halogens is 1. The Labute approximate surface area is 184 Å². The number of nitro benzene ring substituents is 1. The van der Waals surface area contributed by atoms with Gasteiger partial charge in [0.05, 0.1) is 10.5 Å². The van der Waals surface area contributed by atoms with Crippen molar-refractivity contribution in [1.29, 1.82) is 0 Å². The fraction of sp³-hybridized carbons (Fsp3) is 0.261. The summed E-state index contributed by atoms with van der Waals surface area (Å²) in [5.41, 5.74) is 8.23. The quantitative estimate of drug-likeness (QED) is 0.445. The number of piperidine rings is 1. The smallest absolute Gasteiger partial charge is 0.289 e. The summed E-state index contributed by atoms with van der Waals surface area (Å²) in [6.45, 7) is 1.75. The first-order valence-electron chi connectivity index (χ1n) is 10.1. The predicted octanol–water partition coefficient (Wildman–Crippen LogP) is 4.99. The highest BCUT2D eigenvalue weighted by atomic mass is 35.5. The van der Waals surface area contributed by atoms with E-state index < -0.39 is 4.92 Å². The highest BCUT2D eigenvalue weighted by molar-refractivity contribution is 6.30. The molecule has 160 valence electrons. The molecule has 1 aromatic heterocycles. The number of nitro groups is 1. The molecule has 1 aliphatic rings. The molecule has 4 rings (SSSR count). The third-order valence-corrected chi connectivity index (χ3v) is 5.91. The molecule has 0 unspecified atom stereocenters. The van der Waals surface area contributed by atoms with Crippen molar-refractivity contribution in [2.24, 2.45) is 5.73 Å². The van der Waals surface area contributed by atoms with Gasteiger partial charge in [-0.15, -0.1) is 0 Å². The van der Waals surface area contributed by atoms with E-state index in [1.165, 1.54) is 17.7 Å². The molecule has 8 heteroatoms. The molecule has 2 N–H and O–H groups in total. The third-order valence-electron chi connectivity index (χ3n) is 5.68. The Balaban J connectivity index is 1.46. The SMILES string of the molecule is NCc1cccc(C2CCN(C(=O)c3ccc(-c4ccc(Cl)cc4[N+](=O)[O-])o3)CC2)c1. The van der Waals surface area contributed by atoms with E-state index in [0.29, 0.717) is 25.6 Å². The highest BCUT2D eigenvalue weighted by Crippen LogP contribution is 2.34. The largest absolute Gasteiger partial charge is 0.451 e. The summed E-state index contributed by atoms with van der Waals surface area (Å²) in [6, 6.07) is 15.8. The van der Waals surface area contributed by atoms with Crippen molar-refractivity contribution in [3.05, 3.63) is 86.6 Å². The summed E-state index contributed by atoms with van der Waals surface area (Å²) in [5.74, 6) is 0.611. The average Bonchev–Trinajstić information content (AvgIpc) is 3.28. The van der Waals surface area contributed by atoms with Crippen molar-refractivity contribution >= 4 is 23.2 Å². The number of carbonyl (C=O) groups excluding carboxylic acids is 1. The van der Waals surface area contributed by atoms with Crippen molar-refractivity contribution in [2.45, 2.75) is 25.3 Å². The maximum absolute atomic E-state index is 12.9. The summed E-state index contributed by atoms with van der Waals surface area (Å²) in [5, 5.41) is 11.6. The minimum absolute atomic E-state index is 0.165. The lowest BCUT2D eigenvalue weighted by atomic mass is 9.88. The molecule has 1 fully saturated rings. The molecule has 1 saturated heterocycles. The fourth-order valence-electron chi connectivity index (χ4n) is 4.01. The Morgan fingerprint density at radius 1 is 1.16 bits per heavy atom. The van der Waals surface area contributed by atoms with Crippen molar-refractivity contribution in [2.75, 3.05) is 13.1 Å². The zero-order valence-corrected chi connectivity index (χ0v) is 17.5. The van der Waals surface area contributed by atoms with E-state index in [0.717, 1.165) is 18.4 Å². The predicted molar refractivity (Wildman–Crippen MR) is 118 cm³/mol. The fourth-order valence-corrected chi connectivity index (χ4v) is 4.17. The second kappa shape index (κ2) is 8.91. The monoisotopic (exact) mass is 439 g/mol. The van der Waals surface area contributed by atoms with Crippen LogP contribution in [0.15, 0.2) is 59.0 Å². The summed E-state index contributed by atoms with van der Waals surface area (Å²) in [4.78, 5) is 25.5. The maximum Gasteiger partial charge on any atom is 0.289 e. The van der Waals surface area contributed by atoms with Gasteiger partial charge in [0, 0.05) is 30.7 Å². The van der Waals surface area contributed by atoms with Crippen LogP contribution in [0.5, 0.6) is 0 Å². The molecule has 7 nitrogen and oxygen atoms in total. The zero-order chi connectivity index (χ0) is 22.0. The number of likely N-dealkylation sites (tertiary alicyclic amines) is 1. The highest BCUT2D eigenvalue weighted by Gasteiger charge is 2.27. The summed E-state index contributed by atoms with van der Waals surface area (Å²) < 4.78 is 5.70. The lowest BCUT2D eigenvalue weighted by Crippen LogP contribution is -2.37. The molecule has 0 aliphatic carbocycles. The van der Waals surface area contributed by atoms with Gasteiger partial charge in [0.25, 0.3) is 11.6 Å². The van der Waals surface area contributed by atoms with Gasteiger partial charge in [0.1, 0.15) is 5.76 Å². The van der Waals surface area contributed by atoms with Crippen LogP contribution in [0.4, 0.5) is 5.69 Å². The van der Waals surface area contributed by atoms with E-state index in [1.54, 1.807) is 23.1 Å². The molecule has 2 heterocycles. The Morgan fingerprint density at radius 3 is 2.65 bits per heavy atom. The van der Waals surface area contributed by atoms with Crippen LogP contribution in [0, 0.1) is 10.1 Å². The number of carbonyl (C=O) groups is 1. The molecule has 0 atom stereocenters. The normalized spacial score (nSPS) is 14.6. The van der Waals surface area contributed by atoms with Crippen LogP contribution in [0.3, 0.4) is 0 Å². The molecule has 0 radical (unpaired) electrons. The van der Waals surface area contributed by atoms with Crippen LogP contribution in [0.25, 0.3) is 11.3 Å². The van der Waals surface area contributed by atoms with E-state index in [1.807, 2.05) is 12.1 Å². The Bertz CT molecular complexity index is 1120. The van der Waals surface area contributed by atoms with Crippen LogP contribution in [0.1, 0.15) is 40.4 Å². The first-order valence-corrected chi connectivity index (χ1v) is 10.5. The van der Waals surface area contributed by atoms with Crippen molar-refractivity contribution in [1.82, 2.24) is 4.90 Å². The van der Waals surface area contributed by atoms with Gasteiger partial charge < -0.3 is 15.1 Å². The van der Waals surface area contributed by atoms with E-state index in [9.17, 15) is 14.9 Å². The number of hydrogen-bond acceptors (Lipinski definition) is 5. The standard InChI is InChI=1S/C23H22ClN3O4/c24-18-4-5-19(20(13-18)27(29)30)21-6-7-22(31-21)23(28)26-10-8-16(9-11-26)17-3-1-2-15(12-17)14-25/h1-7,12-13,16H,8-11,14,25H2. The van der Waals surface area contributed by atoms with Crippen LogP contribution in [-0.2, 0) is 6.54 Å². The first-order chi connectivity index (χ1) is 15.0. The number of rotatable bonds is 5. The van der Waals surface area contributed by atoms with Gasteiger partial charge in [-0.25, -0.2) is 0 Å². The molecule has 1 amide bonds. The number of furan rings is 1. The summed E-state index contributed by atoms with van der Waals surface area (Å²) in [7, 11) is 0. The molecule has 31 heavy (non-hydrogen) atoms. The van der Waals surface area contributed by atoms with Gasteiger partial charge in [-0.2, -0.15) is 0 Å². The van der Waals surface area contributed by atoms with Gasteiger partial charge in [-0.1, -0.05) is 35.9 Å². The summed E-state index contributed by atoms with van der Waals surface area (Å²) in [6.07, 6.45) is 1.71. The zero-order valence-electron chi connectivity index (χ0n) is 16.8. The number of nitrogens with two attached hydrogens (primary N) is 1. The van der Waals surface area contributed by atoms with Crippen molar-refractivity contribution in [3.63, 3.8) is 0 Å². The molecule has 3 aromatic rings. The lowest BCUT2D eigenvalue weighted by Gasteiger charge is -2.31. The minimum atomic E-state index is -0.518. The molecular formula is C23H22ClN3O4. The average molecular weight is 440 g/mol. The molecule has 1 aliphatic heterocycles. The molecular weight excluding hydrogens is 418 g/mol. The first kappa shape index (κ1) is 21.1. The van der Waals surface area contributed by atoms with Gasteiger partial charge >= 0.3 is 0 Å². The lowest BCUT2D eigenvalue weighted by molar-refractivity contribution is -0.384. The van der Waals surface area contributed by atoms with Crippen LogP contribution >= 0.6 is 11.6 Å². The van der Waals surface area contributed by atoms with Crippen LogP contribution in [-0.4, -0.2) is 28.8 Å². The number of hydrogen-bond donors (Lipinski definition) is 1. The van der Waals surface area contributed by atoms with Crippen molar-refractivity contribution < 1.29 is 14.1 Å². The van der Waals surface area contributed by atoms with Crippen molar-refractivity contribution in [3.8, 4) is 11.3 Å². The van der Waals surface area contributed by atoms with Crippen LogP contribution < -0.4 is 5.73 Å². The second-order valence-corrected chi connectivity index (χ2v) is 8.03. The van der Waals surface area contributed by atoms with E-state index in [-0.39, 0.29) is 33.7 Å². The topological polar surface area (TPSA) is 103 Å². The van der Waals surface area contributed by atoms with E-state index >= 15 is 0 Å². The van der Waals surface area contributed by atoms with Gasteiger partial charge in [-0.05, 0) is 54.2 Å². The second-order valence-electron chi connectivity index (χ2n) is 7.60. The molecule has 0 bridgehead atoms. The number of amides is 1. The third kappa shape index (κ3) is 4.47. The van der Waals surface area contributed by atoms with Crippen LogP contribution in [0.2, 0.25) is 5.02 Å². The summed E-state index contributed by atoms with van der Waals surface area (Å²) >= 11 is 5.88. The molecule has 0 spiro atoms. The van der Waals surface area contributed by atoms with E-state index in [4.69, 9.17) is 21.8 Å². The Kier molecular flexibility index (Phi) is 6.06. The number of nitrogens with zero attached hydrogens (tertiary/aromatic N) is 2. The minimum Gasteiger partial charge on any atom is -0.451 e. The Morgan fingerprint density at radius 2 is 1.94 bits per heavy atom. The van der Waals surface area contributed by atoms with Gasteiger partial charge in [-0.3, -0.25) is 14.9 Å².